The summed E-state index contributed by atoms with van der Waals surface area (Å²) in [6, 6.07) is 5.25. The normalized spacial score (nSPS) is 20.6. The monoisotopic (exact) mass is 297 g/mol. The summed E-state index contributed by atoms with van der Waals surface area (Å²) in [6.45, 7) is 3.30. The molecule has 20 heavy (non-hydrogen) atoms. The van der Waals surface area contributed by atoms with Crippen molar-refractivity contribution in [3.63, 3.8) is 0 Å². The van der Waals surface area contributed by atoms with Gasteiger partial charge in [-0.25, -0.2) is 4.39 Å². The fourth-order valence-electron chi connectivity index (χ4n) is 2.88. The molecule has 4 heteroatoms. The molecule has 0 radical (unpaired) electrons. The van der Waals surface area contributed by atoms with Crippen molar-refractivity contribution in [3.05, 3.63) is 34.6 Å². The van der Waals surface area contributed by atoms with Crippen molar-refractivity contribution in [1.82, 2.24) is 4.90 Å². The third-order valence-corrected chi connectivity index (χ3v) is 4.20. The molecule has 1 aromatic rings. The number of benzene rings is 1. The Morgan fingerprint density at radius 3 is 2.90 bits per heavy atom. The van der Waals surface area contributed by atoms with Crippen LogP contribution < -0.4 is 0 Å². The lowest BCUT2D eigenvalue weighted by atomic mass is 10.0. The highest BCUT2D eigenvalue weighted by molar-refractivity contribution is 6.30. The van der Waals surface area contributed by atoms with E-state index in [1.54, 1.807) is 13.0 Å². The van der Waals surface area contributed by atoms with E-state index in [0.717, 1.165) is 24.9 Å². The molecule has 0 amide bonds. The Hall–Kier alpha value is -0.930. The summed E-state index contributed by atoms with van der Waals surface area (Å²) in [5, 5.41) is 0.157. The van der Waals surface area contributed by atoms with E-state index < -0.39 is 0 Å². The van der Waals surface area contributed by atoms with Crippen LogP contribution in [0.2, 0.25) is 5.02 Å². The van der Waals surface area contributed by atoms with Gasteiger partial charge in [-0.05, 0) is 44.0 Å². The van der Waals surface area contributed by atoms with Gasteiger partial charge in [-0.15, -0.1) is 0 Å². The summed E-state index contributed by atoms with van der Waals surface area (Å²) < 4.78 is 13.5. The number of hydrogen-bond acceptors (Lipinski definition) is 2. The first-order chi connectivity index (χ1) is 9.56. The molecule has 1 unspecified atom stereocenters. The quantitative estimate of drug-likeness (QED) is 0.830. The van der Waals surface area contributed by atoms with E-state index in [9.17, 15) is 9.18 Å². The van der Waals surface area contributed by atoms with Crippen LogP contribution in [0, 0.1) is 5.82 Å². The average Bonchev–Trinajstić information content (AvgIpc) is 2.59. The number of likely N-dealkylation sites (tertiary alicyclic amines) is 1. The second-order valence-electron chi connectivity index (χ2n) is 5.63. The minimum atomic E-state index is -0.373. The maximum absolute atomic E-state index is 13.5. The maximum atomic E-state index is 13.5. The zero-order valence-electron chi connectivity index (χ0n) is 11.9. The third-order valence-electron chi connectivity index (χ3n) is 3.89. The van der Waals surface area contributed by atoms with Crippen molar-refractivity contribution in [2.24, 2.45) is 0 Å². The number of ketones is 1. The standard InChI is InChI=1S/C16H21ClFNO/c1-12(20)9-14-5-3-2-4-8-19(14)11-13-6-7-15(17)16(18)10-13/h6-7,10,14H,2-5,8-9,11H2,1H3. The number of halogens is 2. The van der Waals surface area contributed by atoms with Crippen molar-refractivity contribution in [2.45, 2.75) is 51.6 Å². The van der Waals surface area contributed by atoms with Gasteiger partial charge in [0.05, 0.1) is 5.02 Å². The van der Waals surface area contributed by atoms with Crippen LogP contribution in [-0.2, 0) is 11.3 Å². The predicted molar refractivity (Wildman–Crippen MR) is 79.4 cm³/mol. The number of carbonyl (C=O) groups is 1. The Bertz CT molecular complexity index is 478. The summed E-state index contributed by atoms with van der Waals surface area (Å²) in [6.07, 6.45) is 5.17. The molecular weight excluding hydrogens is 277 g/mol. The molecule has 1 fully saturated rings. The van der Waals surface area contributed by atoms with E-state index in [-0.39, 0.29) is 22.7 Å². The highest BCUT2D eigenvalue weighted by atomic mass is 35.5. The van der Waals surface area contributed by atoms with E-state index in [1.807, 2.05) is 6.07 Å². The summed E-state index contributed by atoms with van der Waals surface area (Å²) in [5.74, 6) is -0.147. The lowest BCUT2D eigenvalue weighted by Crippen LogP contribution is -2.35. The van der Waals surface area contributed by atoms with Gasteiger partial charge in [0, 0.05) is 19.0 Å². The number of hydrogen-bond donors (Lipinski definition) is 0. The minimum absolute atomic E-state index is 0.157. The molecule has 1 heterocycles. The molecule has 1 aliphatic heterocycles. The average molecular weight is 298 g/mol. The molecule has 0 bridgehead atoms. The number of rotatable bonds is 4. The summed E-state index contributed by atoms with van der Waals surface area (Å²) in [4.78, 5) is 13.7. The van der Waals surface area contributed by atoms with Gasteiger partial charge >= 0.3 is 0 Å². The lowest BCUT2D eigenvalue weighted by molar-refractivity contribution is -0.118. The zero-order chi connectivity index (χ0) is 14.5. The molecule has 110 valence electrons. The Morgan fingerprint density at radius 2 is 2.20 bits per heavy atom. The zero-order valence-corrected chi connectivity index (χ0v) is 12.6. The van der Waals surface area contributed by atoms with Crippen LogP contribution in [0.25, 0.3) is 0 Å². The number of Topliss-reactive ketones (excluding diaryl/α,β-unsaturated/α-hetero) is 1. The minimum Gasteiger partial charge on any atom is -0.300 e. The van der Waals surface area contributed by atoms with Gasteiger partial charge in [-0.2, -0.15) is 0 Å². The first-order valence-electron chi connectivity index (χ1n) is 7.23. The molecule has 0 spiro atoms. The van der Waals surface area contributed by atoms with Crippen LogP contribution >= 0.6 is 11.6 Å². The summed E-state index contributed by atoms with van der Waals surface area (Å²) in [7, 11) is 0. The van der Waals surface area contributed by atoms with E-state index in [0.29, 0.717) is 13.0 Å². The molecule has 0 N–H and O–H groups in total. The molecule has 1 aliphatic rings. The lowest BCUT2D eigenvalue weighted by Gasteiger charge is -2.29. The van der Waals surface area contributed by atoms with Crippen LogP contribution in [0.3, 0.4) is 0 Å². The number of carbonyl (C=O) groups excluding carboxylic acids is 1. The van der Waals surface area contributed by atoms with Crippen LogP contribution in [0.4, 0.5) is 4.39 Å². The van der Waals surface area contributed by atoms with Gasteiger partial charge in [-0.1, -0.05) is 30.5 Å². The van der Waals surface area contributed by atoms with Gasteiger partial charge in [0.15, 0.2) is 0 Å². The fourth-order valence-corrected chi connectivity index (χ4v) is 3.00. The first-order valence-corrected chi connectivity index (χ1v) is 7.61. The topological polar surface area (TPSA) is 20.3 Å². The van der Waals surface area contributed by atoms with Crippen LogP contribution in [0.5, 0.6) is 0 Å². The van der Waals surface area contributed by atoms with Gasteiger partial charge in [-0.3, -0.25) is 9.69 Å². The molecule has 0 aromatic heterocycles. The smallest absolute Gasteiger partial charge is 0.142 e. The predicted octanol–water partition coefficient (Wildman–Crippen LogP) is 4.20. The Kier molecular flexibility index (Phi) is 5.55. The highest BCUT2D eigenvalue weighted by Crippen LogP contribution is 2.23. The van der Waals surface area contributed by atoms with Crippen molar-refractivity contribution >= 4 is 17.4 Å². The largest absolute Gasteiger partial charge is 0.300 e. The Labute approximate surface area is 124 Å². The molecule has 1 saturated heterocycles. The molecule has 2 nitrogen and oxygen atoms in total. The number of nitrogens with zero attached hydrogens (tertiary/aromatic N) is 1. The molecule has 1 atom stereocenters. The Balaban J connectivity index is 2.09. The van der Waals surface area contributed by atoms with Gasteiger partial charge in [0.1, 0.15) is 11.6 Å². The fraction of sp³-hybridized carbons (Fsp3) is 0.562. The molecular formula is C16H21ClFNO. The van der Waals surface area contributed by atoms with E-state index in [4.69, 9.17) is 11.6 Å². The van der Waals surface area contributed by atoms with Crippen molar-refractivity contribution in [1.29, 1.82) is 0 Å². The third kappa shape index (κ3) is 4.29. The van der Waals surface area contributed by atoms with E-state index in [2.05, 4.69) is 4.90 Å². The second-order valence-corrected chi connectivity index (χ2v) is 6.04. The Morgan fingerprint density at radius 1 is 1.40 bits per heavy atom. The second kappa shape index (κ2) is 7.19. The molecule has 0 saturated carbocycles. The van der Waals surface area contributed by atoms with Gasteiger partial charge in [0.2, 0.25) is 0 Å². The highest BCUT2D eigenvalue weighted by Gasteiger charge is 2.22. The van der Waals surface area contributed by atoms with E-state index in [1.165, 1.54) is 18.9 Å². The van der Waals surface area contributed by atoms with Gasteiger partial charge in [0.25, 0.3) is 0 Å². The molecule has 0 aliphatic carbocycles. The van der Waals surface area contributed by atoms with Crippen LogP contribution in [-0.4, -0.2) is 23.3 Å². The maximum Gasteiger partial charge on any atom is 0.142 e. The SMILES string of the molecule is CC(=O)CC1CCCCCN1Cc1ccc(Cl)c(F)c1. The van der Waals surface area contributed by atoms with Crippen molar-refractivity contribution in [3.8, 4) is 0 Å². The van der Waals surface area contributed by atoms with Crippen LogP contribution in [0.15, 0.2) is 18.2 Å². The van der Waals surface area contributed by atoms with E-state index >= 15 is 0 Å². The van der Waals surface area contributed by atoms with Gasteiger partial charge < -0.3 is 0 Å². The van der Waals surface area contributed by atoms with Crippen molar-refractivity contribution in [2.75, 3.05) is 6.54 Å². The van der Waals surface area contributed by atoms with Crippen molar-refractivity contribution < 1.29 is 9.18 Å². The summed E-state index contributed by atoms with van der Waals surface area (Å²) in [5.41, 5.74) is 0.919. The molecule has 1 aromatic carbocycles. The van der Waals surface area contributed by atoms with Crippen LogP contribution in [0.1, 0.15) is 44.6 Å². The first kappa shape index (κ1) is 15.5. The molecule has 2 rings (SSSR count). The summed E-state index contributed by atoms with van der Waals surface area (Å²) >= 11 is 5.71.